The van der Waals surface area contributed by atoms with Gasteiger partial charge in [0.05, 0.1) is 23.1 Å². The lowest BCUT2D eigenvalue weighted by molar-refractivity contribution is -0.129. The van der Waals surface area contributed by atoms with Gasteiger partial charge < -0.3 is 15.0 Å². The highest BCUT2D eigenvalue weighted by Gasteiger charge is 2.20. The molecule has 9 heteroatoms. The third-order valence-electron chi connectivity index (χ3n) is 4.25. The van der Waals surface area contributed by atoms with Gasteiger partial charge in [0.25, 0.3) is 11.6 Å². The Hall–Kier alpha value is -3.10. The number of carbonyl (C=O) groups is 1. The molecule has 136 valence electrons. The highest BCUT2D eigenvalue weighted by Crippen LogP contribution is 2.14. The van der Waals surface area contributed by atoms with E-state index < -0.39 is 6.10 Å². The Morgan fingerprint density at radius 1 is 1.50 bits per heavy atom. The zero-order valence-corrected chi connectivity index (χ0v) is 14.4. The molecular weight excluding hydrogens is 336 g/mol. The van der Waals surface area contributed by atoms with Gasteiger partial charge in [0.1, 0.15) is 0 Å². The van der Waals surface area contributed by atoms with E-state index in [-0.39, 0.29) is 23.5 Å². The lowest BCUT2D eigenvalue weighted by atomic mass is 10.1. The standard InChI is InChI=1S/C17H20N6O3/c1-11(24)23-6-3-12(4-7-23)20-9-13(8-18)26-17-21-15-10-19-5-2-14(15)16(25)22-17/h2,5,8-10,12-13,18H,3-4,6-7H2,1H3,(H,21,22,25). The Bertz CT molecular complexity index is 885. The van der Waals surface area contributed by atoms with Gasteiger partial charge in [0, 0.05) is 38.6 Å². The van der Waals surface area contributed by atoms with Gasteiger partial charge >= 0.3 is 0 Å². The molecule has 0 radical (unpaired) electrons. The topological polar surface area (TPSA) is 124 Å². The van der Waals surface area contributed by atoms with Crippen molar-refractivity contribution in [1.82, 2.24) is 19.9 Å². The molecule has 1 aliphatic rings. The summed E-state index contributed by atoms with van der Waals surface area (Å²) in [6.07, 6.45) is 6.43. The molecule has 2 N–H and O–H groups in total. The van der Waals surface area contributed by atoms with Crippen molar-refractivity contribution in [2.75, 3.05) is 13.1 Å². The summed E-state index contributed by atoms with van der Waals surface area (Å²) >= 11 is 0. The summed E-state index contributed by atoms with van der Waals surface area (Å²) in [5, 5.41) is 7.93. The van der Waals surface area contributed by atoms with Crippen LogP contribution in [0.1, 0.15) is 19.8 Å². The van der Waals surface area contributed by atoms with Gasteiger partial charge in [-0.25, -0.2) is 0 Å². The Balaban J connectivity index is 1.66. The largest absolute Gasteiger partial charge is 0.450 e. The van der Waals surface area contributed by atoms with Crippen molar-refractivity contribution in [3.8, 4) is 6.01 Å². The van der Waals surface area contributed by atoms with Crippen LogP contribution in [0.2, 0.25) is 0 Å². The Morgan fingerprint density at radius 3 is 2.96 bits per heavy atom. The smallest absolute Gasteiger partial charge is 0.298 e. The number of nitrogens with one attached hydrogen (secondary N) is 2. The van der Waals surface area contributed by atoms with Crippen LogP contribution in [0.4, 0.5) is 0 Å². The molecule has 2 aromatic rings. The monoisotopic (exact) mass is 356 g/mol. The number of aliphatic imine (C=N–C) groups is 1. The fourth-order valence-electron chi connectivity index (χ4n) is 2.80. The van der Waals surface area contributed by atoms with Crippen LogP contribution in [0.15, 0.2) is 28.2 Å². The fourth-order valence-corrected chi connectivity index (χ4v) is 2.80. The Morgan fingerprint density at radius 2 is 2.27 bits per heavy atom. The maximum atomic E-state index is 12.0. The molecule has 3 heterocycles. The van der Waals surface area contributed by atoms with Crippen LogP contribution in [0.5, 0.6) is 6.01 Å². The first-order valence-electron chi connectivity index (χ1n) is 8.37. The van der Waals surface area contributed by atoms with Crippen molar-refractivity contribution in [3.63, 3.8) is 0 Å². The van der Waals surface area contributed by atoms with E-state index in [2.05, 4.69) is 19.9 Å². The molecule has 1 amide bonds. The molecule has 0 bridgehead atoms. The molecule has 0 aromatic carbocycles. The number of likely N-dealkylation sites (tertiary alicyclic amines) is 1. The number of H-pyrrole nitrogens is 1. The predicted octanol–water partition coefficient (Wildman–Crippen LogP) is 0.797. The van der Waals surface area contributed by atoms with E-state index in [0.717, 1.165) is 19.1 Å². The van der Waals surface area contributed by atoms with E-state index in [0.29, 0.717) is 24.0 Å². The minimum atomic E-state index is -0.738. The number of ether oxygens (including phenoxy) is 1. The average molecular weight is 356 g/mol. The van der Waals surface area contributed by atoms with E-state index in [1.807, 2.05) is 0 Å². The van der Waals surface area contributed by atoms with Crippen LogP contribution in [-0.2, 0) is 4.79 Å². The predicted molar refractivity (Wildman–Crippen MR) is 97.1 cm³/mol. The lowest BCUT2D eigenvalue weighted by Gasteiger charge is -2.29. The number of rotatable bonds is 5. The lowest BCUT2D eigenvalue weighted by Crippen LogP contribution is -2.38. The van der Waals surface area contributed by atoms with Crippen LogP contribution in [-0.4, -0.2) is 63.4 Å². The summed E-state index contributed by atoms with van der Waals surface area (Å²) in [6.45, 7) is 2.93. The number of hydrogen-bond acceptors (Lipinski definition) is 7. The SMILES string of the molecule is CC(=O)N1CCC(N=CC(C=N)Oc2nc3cnccc3c(=O)[nH]2)CC1. The molecule has 1 aliphatic heterocycles. The van der Waals surface area contributed by atoms with Gasteiger partial charge in [-0.2, -0.15) is 4.98 Å². The quantitative estimate of drug-likeness (QED) is 0.767. The second-order valence-corrected chi connectivity index (χ2v) is 6.05. The van der Waals surface area contributed by atoms with Crippen molar-refractivity contribution in [2.45, 2.75) is 31.9 Å². The number of fused-ring (bicyclic) bond motifs is 1. The van der Waals surface area contributed by atoms with E-state index in [9.17, 15) is 9.59 Å². The number of piperidine rings is 1. The van der Waals surface area contributed by atoms with Gasteiger partial charge in [-0.15, -0.1) is 0 Å². The van der Waals surface area contributed by atoms with Crippen LogP contribution in [0.25, 0.3) is 10.9 Å². The van der Waals surface area contributed by atoms with Crippen molar-refractivity contribution < 1.29 is 9.53 Å². The average Bonchev–Trinajstić information content (AvgIpc) is 2.65. The summed E-state index contributed by atoms with van der Waals surface area (Å²) in [4.78, 5) is 40.3. The highest BCUT2D eigenvalue weighted by molar-refractivity contribution is 5.85. The zero-order chi connectivity index (χ0) is 18.5. The first-order chi connectivity index (χ1) is 12.6. The normalized spacial score (nSPS) is 16.7. The minimum Gasteiger partial charge on any atom is -0.450 e. The van der Waals surface area contributed by atoms with Crippen molar-refractivity contribution >= 4 is 29.2 Å². The summed E-state index contributed by atoms with van der Waals surface area (Å²) in [6, 6.07) is 1.68. The minimum absolute atomic E-state index is 0.0156. The molecule has 1 fully saturated rings. The number of aromatic nitrogens is 3. The highest BCUT2D eigenvalue weighted by atomic mass is 16.5. The van der Waals surface area contributed by atoms with Crippen molar-refractivity contribution in [2.24, 2.45) is 4.99 Å². The molecule has 3 rings (SSSR count). The first-order valence-corrected chi connectivity index (χ1v) is 8.37. The Labute approximate surface area is 149 Å². The molecule has 1 atom stereocenters. The summed E-state index contributed by atoms with van der Waals surface area (Å²) in [5.41, 5.74) is 0.0909. The molecule has 26 heavy (non-hydrogen) atoms. The van der Waals surface area contributed by atoms with E-state index in [4.69, 9.17) is 10.1 Å². The molecule has 2 aromatic heterocycles. The maximum absolute atomic E-state index is 12.0. The molecular formula is C17H20N6O3. The number of aromatic amines is 1. The number of amides is 1. The fraction of sp³-hybridized carbons (Fsp3) is 0.412. The van der Waals surface area contributed by atoms with E-state index in [1.54, 1.807) is 17.9 Å². The van der Waals surface area contributed by atoms with Crippen LogP contribution < -0.4 is 10.3 Å². The van der Waals surface area contributed by atoms with E-state index >= 15 is 0 Å². The van der Waals surface area contributed by atoms with Crippen molar-refractivity contribution in [1.29, 1.82) is 5.41 Å². The zero-order valence-electron chi connectivity index (χ0n) is 14.4. The van der Waals surface area contributed by atoms with Gasteiger partial charge in [-0.05, 0) is 18.9 Å². The van der Waals surface area contributed by atoms with Gasteiger partial charge in [-0.1, -0.05) is 0 Å². The Kier molecular flexibility index (Phi) is 5.35. The summed E-state index contributed by atoms with van der Waals surface area (Å²) < 4.78 is 5.55. The number of pyridine rings is 1. The molecule has 0 spiro atoms. The summed E-state index contributed by atoms with van der Waals surface area (Å²) in [5.74, 6) is 0.0777. The van der Waals surface area contributed by atoms with Crippen LogP contribution in [0, 0.1) is 5.41 Å². The van der Waals surface area contributed by atoms with Crippen molar-refractivity contribution in [3.05, 3.63) is 28.8 Å². The second kappa shape index (κ2) is 7.85. The second-order valence-electron chi connectivity index (χ2n) is 6.05. The van der Waals surface area contributed by atoms with Crippen LogP contribution in [0.3, 0.4) is 0 Å². The number of hydrogen-bond donors (Lipinski definition) is 2. The number of nitrogens with zero attached hydrogens (tertiary/aromatic N) is 4. The van der Waals surface area contributed by atoms with Crippen LogP contribution >= 0.6 is 0 Å². The molecule has 0 saturated carbocycles. The molecule has 9 nitrogen and oxygen atoms in total. The first kappa shape index (κ1) is 17.7. The third kappa shape index (κ3) is 4.11. The van der Waals surface area contributed by atoms with Gasteiger partial charge in [0.2, 0.25) is 5.91 Å². The maximum Gasteiger partial charge on any atom is 0.298 e. The molecule has 1 unspecified atom stereocenters. The third-order valence-corrected chi connectivity index (χ3v) is 4.25. The molecule has 1 saturated heterocycles. The molecule has 0 aliphatic carbocycles. The van der Waals surface area contributed by atoms with Gasteiger partial charge in [0.15, 0.2) is 6.10 Å². The van der Waals surface area contributed by atoms with E-state index in [1.165, 1.54) is 18.6 Å². The summed E-state index contributed by atoms with van der Waals surface area (Å²) in [7, 11) is 0. The number of carbonyl (C=O) groups excluding carboxylic acids is 1. The van der Waals surface area contributed by atoms with Gasteiger partial charge in [-0.3, -0.25) is 24.5 Å².